The molecule has 120 valence electrons. The van der Waals surface area contributed by atoms with Crippen molar-refractivity contribution in [2.75, 3.05) is 6.61 Å². The first-order valence-electron chi connectivity index (χ1n) is 8.34. The van der Waals surface area contributed by atoms with Crippen LogP contribution < -0.4 is 0 Å². The summed E-state index contributed by atoms with van der Waals surface area (Å²) in [6.07, 6.45) is 5.79. The fraction of sp³-hybridized carbons (Fsp3) is 0.474. The molecule has 2 aromatic rings. The van der Waals surface area contributed by atoms with Crippen molar-refractivity contribution >= 4 is 0 Å². The largest absolute Gasteiger partial charge is 0.376 e. The molecule has 1 aliphatic heterocycles. The highest BCUT2D eigenvalue weighted by Crippen LogP contribution is 2.18. The predicted octanol–water partition coefficient (Wildman–Crippen LogP) is 3.52. The number of ether oxygens (including phenoxy) is 1. The van der Waals surface area contributed by atoms with Crippen molar-refractivity contribution < 1.29 is 4.74 Å². The molecule has 0 radical (unpaired) electrons. The van der Waals surface area contributed by atoms with Gasteiger partial charge in [-0.1, -0.05) is 43.0 Å². The standard InChI is InChI=1S/C19H23N3O/c1-15(2)6-7-16-8-10-17(11-9-16)19-14-22(21-20-19)13-18-5-3-4-12-23-18/h8-11,14-15,18H,3-5,12-13H2,1-2H3/t18-/m1/s1. The SMILES string of the molecule is CC(C)C#Cc1ccc(-c2cn(C[C@H]3CCCCO3)nn2)cc1. The Morgan fingerprint density at radius 3 is 2.78 bits per heavy atom. The van der Waals surface area contributed by atoms with Gasteiger partial charge in [0.05, 0.1) is 18.8 Å². The lowest BCUT2D eigenvalue weighted by Crippen LogP contribution is -2.24. The van der Waals surface area contributed by atoms with E-state index in [1.54, 1.807) is 0 Å². The minimum Gasteiger partial charge on any atom is -0.376 e. The first-order chi connectivity index (χ1) is 11.2. The molecule has 4 nitrogen and oxygen atoms in total. The fourth-order valence-corrected chi connectivity index (χ4v) is 2.63. The lowest BCUT2D eigenvalue weighted by Gasteiger charge is -2.21. The van der Waals surface area contributed by atoms with Gasteiger partial charge in [-0.15, -0.1) is 5.10 Å². The van der Waals surface area contributed by atoms with Gasteiger partial charge in [0.25, 0.3) is 0 Å². The maximum Gasteiger partial charge on any atom is 0.113 e. The number of rotatable bonds is 3. The summed E-state index contributed by atoms with van der Waals surface area (Å²) in [5.74, 6) is 6.73. The first-order valence-corrected chi connectivity index (χ1v) is 8.34. The predicted molar refractivity (Wildman–Crippen MR) is 90.8 cm³/mol. The Labute approximate surface area is 137 Å². The molecule has 0 aliphatic carbocycles. The van der Waals surface area contributed by atoms with Crippen LogP contribution >= 0.6 is 0 Å². The van der Waals surface area contributed by atoms with Gasteiger partial charge in [0.1, 0.15) is 5.69 Å². The summed E-state index contributed by atoms with van der Waals surface area (Å²) in [4.78, 5) is 0. The van der Waals surface area contributed by atoms with Gasteiger partial charge < -0.3 is 4.74 Å². The van der Waals surface area contributed by atoms with Gasteiger partial charge in [0, 0.05) is 23.7 Å². The van der Waals surface area contributed by atoms with Crippen LogP contribution in [-0.4, -0.2) is 27.7 Å². The highest BCUT2D eigenvalue weighted by atomic mass is 16.5. The minimum atomic E-state index is 0.270. The normalized spacial score (nSPS) is 17.8. The zero-order valence-electron chi connectivity index (χ0n) is 13.8. The van der Waals surface area contributed by atoms with Crippen molar-refractivity contribution in [1.82, 2.24) is 15.0 Å². The number of aromatic nitrogens is 3. The number of hydrogen-bond donors (Lipinski definition) is 0. The second-order valence-corrected chi connectivity index (χ2v) is 6.32. The molecule has 3 rings (SSSR count). The van der Waals surface area contributed by atoms with E-state index >= 15 is 0 Å². The van der Waals surface area contributed by atoms with E-state index in [0.717, 1.165) is 36.4 Å². The van der Waals surface area contributed by atoms with Gasteiger partial charge in [-0.3, -0.25) is 0 Å². The molecular formula is C19H23N3O. The Morgan fingerprint density at radius 2 is 2.09 bits per heavy atom. The highest BCUT2D eigenvalue weighted by Gasteiger charge is 2.15. The molecule has 0 bridgehead atoms. The van der Waals surface area contributed by atoms with Crippen LogP contribution in [0.25, 0.3) is 11.3 Å². The minimum absolute atomic E-state index is 0.270. The fourth-order valence-electron chi connectivity index (χ4n) is 2.63. The van der Waals surface area contributed by atoms with E-state index in [1.807, 2.05) is 23.0 Å². The van der Waals surface area contributed by atoms with Gasteiger partial charge in [-0.25, -0.2) is 4.68 Å². The molecule has 23 heavy (non-hydrogen) atoms. The lowest BCUT2D eigenvalue weighted by molar-refractivity contribution is 0.00370. The zero-order chi connectivity index (χ0) is 16.1. The second-order valence-electron chi connectivity index (χ2n) is 6.32. The monoisotopic (exact) mass is 309 g/mol. The van der Waals surface area contributed by atoms with Crippen LogP contribution in [0.15, 0.2) is 30.5 Å². The molecule has 1 aromatic heterocycles. The van der Waals surface area contributed by atoms with Crippen molar-refractivity contribution in [2.24, 2.45) is 5.92 Å². The van der Waals surface area contributed by atoms with Gasteiger partial charge in [0.15, 0.2) is 0 Å². The van der Waals surface area contributed by atoms with Gasteiger partial charge in [-0.05, 0) is 31.4 Å². The molecule has 1 aromatic carbocycles. The van der Waals surface area contributed by atoms with Crippen LogP contribution in [0.5, 0.6) is 0 Å². The Morgan fingerprint density at radius 1 is 1.26 bits per heavy atom. The van der Waals surface area contributed by atoms with Crippen LogP contribution in [-0.2, 0) is 11.3 Å². The third kappa shape index (κ3) is 4.43. The second kappa shape index (κ2) is 7.43. The molecule has 1 fully saturated rings. The maximum absolute atomic E-state index is 5.75. The number of hydrogen-bond acceptors (Lipinski definition) is 3. The van der Waals surface area contributed by atoms with Gasteiger partial charge >= 0.3 is 0 Å². The summed E-state index contributed by atoms with van der Waals surface area (Å²) in [7, 11) is 0. The van der Waals surface area contributed by atoms with E-state index in [4.69, 9.17) is 4.74 Å². The zero-order valence-corrected chi connectivity index (χ0v) is 13.8. The smallest absolute Gasteiger partial charge is 0.113 e. The van der Waals surface area contributed by atoms with Crippen LogP contribution in [0.1, 0.15) is 38.7 Å². The molecule has 4 heteroatoms. The molecule has 0 N–H and O–H groups in total. The lowest BCUT2D eigenvalue weighted by atomic mass is 10.1. The van der Waals surface area contributed by atoms with E-state index in [-0.39, 0.29) is 6.10 Å². The topological polar surface area (TPSA) is 39.9 Å². The van der Waals surface area contributed by atoms with E-state index < -0.39 is 0 Å². The number of benzene rings is 1. The summed E-state index contributed by atoms with van der Waals surface area (Å²) >= 11 is 0. The third-order valence-electron chi connectivity index (χ3n) is 3.89. The molecule has 0 spiro atoms. The van der Waals surface area contributed by atoms with Crippen LogP contribution in [0.2, 0.25) is 0 Å². The molecular weight excluding hydrogens is 286 g/mol. The summed E-state index contributed by atoms with van der Waals surface area (Å²) in [5, 5.41) is 8.50. The van der Waals surface area contributed by atoms with Gasteiger partial charge in [-0.2, -0.15) is 0 Å². The average molecular weight is 309 g/mol. The first kappa shape index (κ1) is 15.8. The maximum atomic E-state index is 5.75. The molecule has 1 aliphatic rings. The van der Waals surface area contributed by atoms with Crippen molar-refractivity contribution in [2.45, 2.75) is 45.8 Å². The molecule has 1 saturated heterocycles. The Hall–Kier alpha value is -2.12. The highest BCUT2D eigenvalue weighted by molar-refractivity contribution is 5.59. The van der Waals surface area contributed by atoms with Crippen LogP contribution in [0, 0.1) is 17.8 Å². The summed E-state index contributed by atoms with van der Waals surface area (Å²) in [6.45, 7) is 5.83. The Kier molecular flexibility index (Phi) is 5.09. The van der Waals surface area contributed by atoms with Crippen LogP contribution in [0.3, 0.4) is 0 Å². The summed E-state index contributed by atoms with van der Waals surface area (Å²) < 4.78 is 7.64. The molecule has 0 saturated carbocycles. The van der Waals surface area contributed by atoms with Crippen LogP contribution in [0.4, 0.5) is 0 Å². The number of nitrogens with zero attached hydrogens (tertiary/aromatic N) is 3. The molecule has 1 atom stereocenters. The Balaban J connectivity index is 1.66. The van der Waals surface area contributed by atoms with E-state index in [1.165, 1.54) is 12.8 Å². The molecule has 0 unspecified atom stereocenters. The van der Waals surface area contributed by atoms with Crippen molar-refractivity contribution in [3.63, 3.8) is 0 Å². The quantitative estimate of drug-likeness (QED) is 0.814. The average Bonchev–Trinajstić information content (AvgIpc) is 3.03. The summed E-state index contributed by atoms with van der Waals surface area (Å²) in [5.41, 5.74) is 2.99. The summed E-state index contributed by atoms with van der Waals surface area (Å²) in [6, 6.07) is 8.17. The van der Waals surface area contributed by atoms with E-state index in [9.17, 15) is 0 Å². The van der Waals surface area contributed by atoms with E-state index in [0.29, 0.717) is 5.92 Å². The van der Waals surface area contributed by atoms with Crippen molar-refractivity contribution in [3.05, 3.63) is 36.0 Å². The van der Waals surface area contributed by atoms with Crippen molar-refractivity contribution in [3.8, 4) is 23.1 Å². The van der Waals surface area contributed by atoms with Gasteiger partial charge in [0.2, 0.25) is 0 Å². The molecule has 0 amide bonds. The Bertz CT molecular complexity index is 685. The van der Waals surface area contributed by atoms with Crippen molar-refractivity contribution in [1.29, 1.82) is 0 Å². The van der Waals surface area contributed by atoms with E-state index in [2.05, 4.69) is 48.1 Å². The molecule has 2 heterocycles. The third-order valence-corrected chi connectivity index (χ3v) is 3.89.